The first kappa shape index (κ1) is 13.0. The van der Waals surface area contributed by atoms with Crippen molar-refractivity contribution in [1.82, 2.24) is 4.98 Å². The Morgan fingerprint density at radius 2 is 1.80 bits per heavy atom. The molecule has 0 atom stereocenters. The highest BCUT2D eigenvalue weighted by Crippen LogP contribution is 2.38. The number of ether oxygens (including phenoxy) is 2. The van der Waals surface area contributed by atoms with Gasteiger partial charge in [0.05, 0.1) is 18.7 Å². The Labute approximate surface area is 118 Å². The molecule has 0 bridgehead atoms. The quantitative estimate of drug-likeness (QED) is 0.929. The second kappa shape index (κ2) is 5.19. The van der Waals surface area contributed by atoms with Crippen molar-refractivity contribution in [1.29, 1.82) is 0 Å². The molecule has 2 N–H and O–H groups in total. The summed E-state index contributed by atoms with van der Waals surface area (Å²) >= 11 is 0. The monoisotopic (exact) mass is 272 g/mol. The van der Waals surface area contributed by atoms with Crippen LogP contribution in [0.25, 0.3) is 10.9 Å². The van der Waals surface area contributed by atoms with Crippen molar-refractivity contribution in [2.45, 2.75) is 33.1 Å². The molecule has 1 aromatic carbocycles. The largest absolute Gasteiger partial charge is 0.490 e. The molecule has 1 heterocycles. The molecule has 4 nitrogen and oxygen atoms in total. The minimum Gasteiger partial charge on any atom is -0.490 e. The summed E-state index contributed by atoms with van der Waals surface area (Å²) in [5.41, 5.74) is 10.4. The Hall–Kier alpha value is -1.97. The van der Waals surface area contributed by atoms with Gasteiger partial charge < -0.3 is 15.2 Å². The van der Waals surface area contributed by atoms with Gasteiger partial charge in [-0.15, -0.1) is 0 Å². The van der Waals surface area contributed by atoms with Crippen molar-refractivity contribution >= 4 is 16.6 Å². The third-order valence-corrected chi connectivity index (χ3v) is 3.72. The zero-order chi connectivity index (χ0) is 14.1. The highest BCUT2D eigenvalue weighted by atomic mass is 16.5. The van der Waals surface area contributed by atoms with Gasteiger partial charge in [0, 0.05) is 22.8 Å². The summed E-state index contributed by atoms with van der Waals surface area (Å²) in [5.74, 6) is 1.49. The minimum absolute atomic E-state index is 0.601. The van der Waals surface area contributed by atoms with Gasteiger partial charge in [-0.25, -0.2) is 0 Å². The van der Waals surface area contributed by atoms with E-state index in [0.29, 0.717) is 13.2 Å². The van der Waals surface area contributed by atoms with Crippen LogP contribution in [-0.4, -0.2) is 18.2 Å². The van der Waals surface area contributed by atoms with Crippen molar-refractivity contribution < 1.29 is 9.47 Å². The first-order valence-electron chi connectivity index (χ1n) is 7.25. The highest BCUT2D eigenvalue weighted by molar-refractivity contribution is 5.94. The van der Waals surface area contributed by atoms with Crippen molar-refractivity contribution in [2.75, 3.05) is 18.9 Å². The number of fused-ring (bicyclic) bond motifs is 2. The summed E-state index contributed by atoms with van der Waals surface area (Å²) in [6.45, 7) is 5.13. The molecule has 0 saturated heterocycles. The van der Waals surface area contributed by atoms with E-state index in [-0.39, 0.29) is 0 Å². The average Bonchev–Trinajstić information content (AvgIpc) is 2.89. The van der Waals surface area contributed by atoms with Gasteiger partial charge in [0.15, 0.2) is 11.5 Å². The van der Waals surface area contributed by atoms with E-state index in [9.17, 15) is 0 Å². The molecule has 0 amide bonds. The fraction of sp³-hybridized carbons (Fsp3) is 0.438. The summed E-state index contributed by atoms with van der Waals surface area (Å²) in [7, 11) is 0. The van der Waals surface area contributed by atoms with Crippen LogP contribution in [0, 0.1) is 0 Å². The van der Waals surface area contributed by atoms with Gasteiger partial charge in [0.2, 0.25) is 0 Å². The van der Waals surface area contributed by atoms with Gasteiger partial charge in [0.25, 0.3) is 0 Å². The molecule has 20 heavy (non-hydrogen) atoms. The van der Waals surface area contributed by atoms with Crippen LogP contribution in [0.1, 0.15) is 31.5 Å². The lowest BCUT2D eigenvalue weighted by Crippen LogP contribution is -2.02. The number of aryl methyl sites for hydroxylation is 1. The zero-order valence-corrected chi connectivity index (χ0v) is 12.0. The van der Waals surface area contributed by atoms with Crippen molar-refractivity contribution in [2.24, 2.45) is 0 Å². The predicted octanol–water partition coefficient (Wildman–Crippen LogP) is 3.10. The highest BCUT2D eigenvalue weighted by Gasteiger charge is 2.19. The first-order chi connectivity index (χ1) is 9.74. The molecule has 1 aliphatic rings. The van der Waals surface area contributed by atoms with E-state index < -0.39 is 0 Å². The fourth-order valence-electron chi connectivity index (χ4n) is 2.84. The summed E-state index contributed by atoms with van der Waals surface area (Å²) in [4.78, 5) is 4.75. The van der Waals surface area contributed by atoms with E-state index in [1.165, 1.54) is 5.56 Å². The number of nitrogen functional groups attached to an aromatic ring is 1. The number of benzene rings is 1. The average molecular weight is 272 g/mol. The second-order valence-corrected chi connectivity index (χ2v) is 4.99. The van der Waals surface area contributed by atoms with Crippen LogP contribution in [0.3, 0.4) is 0 Å². The number of nitrogens with zero attached hydrogens (tertiary/aromatic N) is 1. The molecule has 2 aromatic rings. The molecule has 0 unspecified atom stereocenters. The number of nitrogens with two attached hydrogens (primary N) is 1. The maximum absolute atomic E-state index is 6.32. The predicted molar refractivity (Wildman–Crippen MR) is 80.5 cm³/mol. The number of aromatic nitrogens is 1. The van der Waals surface area contributed by atoms with E-state index in [4.69, 9.17) is 20.2 Å². The molecule has 0 fully saturated rings. The smallest absolute Gasteiger partial charge is 0.163 e. The third kappa shape index (κ3) is 2.05. The second-order valence-electron chi connectivity index (χ2n) is 4.99. The standard InChI is InChI=1S/C16H20N2O2/c1-3-19-14-8-11-13(9-15(14)20-4-2)18-12-7-5-6-10(12)16(11)17/h8-9H,3-7H2,1-2H3,(H2,17,18). The van der Waals surface area contributed by atoms with Gasteiger partial charge >= 0.3 is 0 Å². The lowest BCUT2D eigenvalue weighted by atomic mass is 10.1. The summed E-state index contributed by atoms with van der Waals surface area (Å²) in [6.07, 6.45) is 3.19. The molecule has 1 aromatic heterocycles. The first-order valence-corrected chi connectivity index (χ1v) is 7.25. The lowest BCUT2D eigenvalue weighted by Gasteiger charge is -2.14. The van der Waals surface area contributed by atoms with Gasteiger partial charge in [-0.3, -0.25) is 4.98 Å². The fourth-order valence-corrected chi connectivity index (χ4v) is 2.84. The number of hydrogen-bond acceptors (Lipinski definition) is 4. The molecule has 1 aliphatic carbocycles. The van der Waals surface area contributed by atoms with Gasteiger partial charge in [-0.1, -0.05) is 0 Å². The molecule has 106 valence electrons. The van der Waals surface area contributed by atoms with Gasteiger partial charge in [-0.2, -0.15) is 0 Å². The van der Waals surface area contributed by atoms with E-state index in [1.54, 1.807) is 0 Å². The Balaban J connectivity index is 2.21. The normalized spacial score (nSPS) is 13.5. The maximum Gasteiger partial charge on any atom is 0.163 e. The molecule has 4 heteroatoms. The third-order valence-electron chi connectivity index (χ3n) is 3.72. The number of hydrogen-bond donors (Lipinski definition) is 1. The Kier molecular flexibility index (Phi) is 3.38. The van der Waals surface area contributed by atoms with Gasteiger partial charge in [-0.05, 0) is 44.7 Å². The molecule has 0 saturated carbocycles. The topological polar surface area (TPSA) is 57.4 Å². The zero-order valence-electron chi connectivity index (χ0n) is 12.0. The summed E-state index contributed by atoms with van der Waals surface area (Å²) in [6, 6.07) is 3.91. The van der Waals surface area contributed by atoms with Crippen LogP contribution < -0.4 is 15.2 Å². The maximum atomic E-state index is 6.32. The molecule has 0 radical (unpaired) electrons. The Morgan fingerprint density at radius 3 is 2.50 bits per heavy atom. The van der Waals surface area contributed by atoms with E-state index in [1.807, 2.05) is 26.0 Å². The summed E-state index contributed by atoms with van der Waals surface area (Å²) in [5, 5.41) is 0.970. The minimum atomic E-state index is 0.601. The molecule has 3 rings (SSSR count). The molecular formula is C16H20N2O2. The van der Waals surface area contributed by atoms with E-state index >= 15 is 0 Å². The number of rotatable bonds is 4. The van der Waals surface area contributed by atoms with Crippen LogP contribution in [-0.2, 0) is 12.8 Å². The van der Waals surface area contributed by atoms with Crippen LogP contribution in [0.4, 0.5) is 5.69 Å². The van der Waals surface area contributed by atoms with Crippen molar-refractivity contribution in [3.8, 4) is 11.5 Å². The van der Waals surface area contributed by atoms with Crippen molar-refractivity contribution in [3.63, 3.8) is 0 Å². The van der Waals surface area contributed by atoms with Crippen LogP contribution >= 0.6 is 0 Å². The number of pyridine rings is 1. The Bertz CT molecular complexity index is 653. The molecule has 0 spiro atoms. The Morgan fingerprint density at radius 1 is 1.10 bits per heavy atom. The van der Waals surface area contributed by atoms with E-state index in [2.05, 4.69) is 0 Å². The van der Waals surface area contributed by atoms with Crippen LogP contribution in [0.2, 0.25) is 0 Å². The summed E-state index contributed by atoms with van der Waals surface area (Å²) < 4.78 is 11.3. The SMILES string of the molecule is CCOc1cc2nc3c(c(N)c2cc1OCC)CCC3. The molecular weight excluding hydrogens is 252 g/mol. The van der Waals surface area contributed by atoms with Crippen LogP contribution in [0.5, 0.6) is 11.5 Å². The van der Waals surface area contributed by atoms with Crippen LogP contribution in [0.15, 0.2) is 12.1 Å². The lowest BCUT2D eigenvalue weighted by molar-refractivity contribution is 0.288. The number of anilines is 1. The molecule has 0 aliphatic heterocycles. The van der Waals surface area contributed by atoms with E-state index in [0.717, 1.165) is 53.0 Å². The van der Waals surface area contributed by atoms with Crippen molar-refractivity contribution in [3.05, 3.63) is 23.4 Å². The van der Waals surface area contributed by atoms with Gasteiger partial charge in [0.1, 0.15) is 0 Å².